The summed E-state index contributed by atoms with van der Waals surface area (Å²) in [5.74, 6) is 1.02. The molecule has 1 amide bonds. The van der Waals surface area contributed by atoms with Crippen LogP contribution in [0.15, 0.2) is 59.4 Å². The summed E-state index contributed by atoms with van der Waals surface area (Å²) in [6.45, 7) is 0.532. The van der Waals surface area contributed by atoms with Crippen molar-refractivity contribution in [1.29, 1.82) is 0 Å². The molecule has 0 aliphatic heterocycles. The first-order valence-electron chi connectivity index (χ1n) is 7.90. The van der Waals surface area contributed by atoms with Gasteiger partial charge < -0.3 is 19.2 Å². The molecule has 0 atom stereocenters. The summed E-state index contributed by atoms with van der Waals surface area (Å²) >= 11 is 1.70. The predicted octanol–water partition coefficient (Wildman–Crippen LogP) is 3.75. The molecule has 0 saturated heterocycles. The molecular weight excluding hydrogens is 338 g/mol. The molecule has 0 fully saturated rings. The van der Waals surface area contributed by atoms with Gasteiger partial charge in [0.15, 0.2) is 18.1 Å². The van der Waals surface area contributed by atoms with Crippen molar-refractivity contribution >= 4 is 17.2 Å². The molecule has 0 aliphatic carbocycles. The smallest absolute Gasteiger partial charge is 0.257 e. The molecule has 0 aliphatic rings. The molecular formula is C19H19NO4S. The maximum Gasteiger partial charge on any atom is 0.257 e. The van der Waals surface area contributed by atoms with Crippen LogP contribution < -0.4 is 14.8 Å². The molecule has 0 spiro atoms. The highest BCUT2D eigenvalue weighted by atomic mass is 32.1. The number of nitrogens with one attached hydrogen (secondary N) is 1. The molecule has 0 radical (unpaired) electrons. The number of furan rings is 1. The number of hydrogen-bond acceptors (Lipinski definition) is 5. The lowest BCUT2D eigenvalue weighted by Gasteiger charge is -2.10. The van der Waals surface area contributed by atoms with Crippen LogP contribution in [0.25, 0.3) is 10.4 Å². The number of amides is 1. The maximum absolute atomic E-state index is 11.9. The van der Waals surface area contributed by atoms with E-state index in [0.29, 0.717) is 18.0 Å². The number of carbonyl (C=O) groups is 1. The van der Waals surface area contributed by atoms with E-state index in [2.05, 4.69) is 17.4 Å². The van der Waals surface area contributed by atoms with Crippen LogP contribution in [0.2, 0.25) is 0 Å². The first-order chi connectivity index (χ1) is 12.3. The van der Waals surface area contributed by atoms with Crippen molar-refractivity contribution in [2.24, 2.45) is 0 Å². The molecule has 1 aromatic carbocycles. The number of ether oxygens (including phenoxy) is 2. The number of rotatable bonds is 8. The molecule has 25 heavy (non-hydrogen) atoms. The van der Waals surface area contributed by atoms with Gasteiger partial charge in [-0.2, -0.15) is 0 Å². The highest BCUT2D eigenvalue weighted by molar-refractivity contribution is 7.15. The minimum Gasteiger partial charge on any atom is -0.493 e. The third-order valence-corrected chi connectivity index (χ3v) is 4.78. The van der Waals surface area contributed by atoms with E-state index in [4.69, 9.17) is 13.9 Å². The Kier molecular flexibility index (Phi) is 5.74. The highest BCUT2D eigenvalue weighted by Crippen LogP contribution is 2.28. The molecule has 6 heteroatoms. The third-order valence-electron chi connectivity index (χ3n) is 3.59. The van der Waals surface area contributed by atoms with E-state index in [0.717, 1.165) is 16.9 Å². The van der Waals surface area contributed by atoms with Crippen molar-refractivity contribution in [1.82, 2.24) is 5.32 Å². The van der Waals surface area contributed by atoms with Crippen LogP contribution in [0.3, 0.4) is 0 Å². The van der Waals surface area contributed by atoms with E-state index in [1.54, 1.807) is 43.1 Å². The van der Waals surface area contributed by atoms with E-state index >= 15 is 0 Å². The Labute approximate surface area is 150 Å². The summed E-state index contributed by atoms with van der Waals surface area (Å²) in [5, 5.41) is 2.87. The zero-order chi connectivity index (χ0) is 17.5. The third kappa shape index (κ3) is 4.64. The van der Waals surface area contributed by atoms with E-state index < -0.39 is 0 Å². The van der Waals surface area contributed by atoms with Gasteiger partial charge in [-0.15, -0.1) is 11.3 Å². The highest BCUT2D eigenvalue weighted by Gasteiger charge is 2.08. The van der Waals surface area contributed by atoms with Gasteiger partial charge in [-0.05, 0) is 36.8 Å². The topological polar surface area (TPSA) is 60.7 Å². The Morgan fingerprint density at radius 1 is 1.16 bits per heavy atom. The van der Waals surface area contributed by atoms with E-state index in [1.807, 2.05) is 18.2 Å². The second-order valence-corrected chi connectivity index (χ2v) is 6.49. The normalized spacial score (nSPS) is 10.4. The standard InChI is InChI=1S/C19H19NO4S/c1-22-16-4-2-3-5-17(16)24-13-19(21)20-10-8-15-6-7-18(25-15)14-9-11-23-12-14/h2-7,9,11-12H,8,10,13H2,1H3,(H,20,21). The lowest BCUT2D eigenvalue weighted by molar-refractivity contribution is -0.123. The average molecular weight is 357 g/mol. The van der Waals surface area contributed by atoms with E-state index in [1.165, 1.54) is 4.88 Å². The number of thiophene rings is 1. The molecule has 0 unspecified atom stereocenters. The van der Waals surface area contributed by atoms with Crippen LogP contribution in [0.4, 0.5) is 0 Å². The first-order valence-corrected chi connectivity index (χ1v) is 8.71. The van der Waals surface area contributed by atoms with Gasteiger partial charge in [0.25, 0.3) is 5.91 Å². The molecule has 3 rings (SSSR count). The second-order valence-electron chi connectivity index (χ2n) is 5.32. The van der Waals surface area contributed by atoms with Gasteiger partial charge in [0.1, 0.15) is 0 Å². The van der Waals surface area contributed by atoms with Gasteiger partial charge in [0.05, 0.1) is 19.6 Å². The van der Waals surface area contributed by atoms with Gasteiger partial charge in [0, 0.05) is 21.9 Å². The summed E-state index contributed by atoms with van der Waals surface area (Å²) in [6, 6.07) is 13.3. The van der Waals surface area contributed by atoms with Crippen molar-refractivity contribution in [2.75, 3.05) is 20.3 Å². The van der Waals surface area contributed by atoms with Crippen LogP contribution in [-0.4, -0.2) is 26.2 Å². The molecule has 2 aromatic heterocycles. The van der Waals surface area contributed by atoms with Gasteiger partial charge in [-0.1, -0.05) is 12.1 Å². The SMILES string of the molecule is COc1ccccc1OCC(=O)NCCc1ccc(-c2ccoc2)s1. The molecule has 1 N–H and O–H groups in total. The molecule has 5 nitrogen and oxygen atoms in total. The Morgan fingerprint density at radius 3 is 2.76 bits per heavy atom. The van der Waals surface area contributed by atoms with Crippen LogP contribution in [-0.2, 0) is 11.2 Å². The van der Waals surface area contributed by atoms with E-state index in [-0.39, 0.29) is 12.5 Å². The summed E-state index contributed by atoms with van der Waals surface area (Å²) in [6.07, 6.45) is 4.17. The number of para-hydroxylation sites is 2. The second kappa shape index (κ2) is 8.39. The lowest BCUT2D eigenvalue weighted by atomic mass is 10.3. The fourth-order valence-electron chi connectivity index (χ4n) is 2.33. The van der Waals surface area contributed by atoms with Gasteiger partial charge in [0.2, 0.25) is 0 Å². The number of carbonyl (C=O) groups excluding carboxylic acids is 1. The fourth-order valence-corrected chi connectivity index (χ4v) is 3.32. The predicted molar refractivity (Wildman–Crippen MR) is 97.2 cm³/mol. The minimum absolute atomic E-state index is 0.0366. The van der Waals surface area contributed by atoms with Crippen LogP contribution in [0, 0.1) is 0 Å². The number of hydrogen-bond donors (Lipinski definition) is 1. The zero-order valence-electron chi connectivity index (χ0n) is 13.9. The molecule has 3 aromatic rings. The van der Waals surface area contributed by atoms with Crippen molar-refractivity contribution in [3.8, 4) is 21.9 Å². The van der Waals surface area contributed by atoms with E-state index in [9.17, 15) is 4.79 Å². The molecule has 0 bridgehead atoms. The number of methoxy groups -OCH3 is 1. The summed E-state index contributed by atoms with van der Waals surface area (Å²) < 4.78 is 15.8. The number of benzene rings is 1. The summed E-state index contributed by atoms with van der Waals surface area (Å²) in [5.41, 5.74) is 1.07. The Balaban J connectivity index is 1.42. The average Bonchev–Trinajstić information content (AvgIpc) is 3.31. The Morgan fingerprint density at radius 2 is 2.00 bits per heavy atom. The van der Waals surface area contributed by atoms with Crippen molar-refractivity contribution < 1.29 is 18.7 Å². The Hall–Kier alpha value is -2.73. The van der Waals surface area contributed by atoms with Crippen molar-refractivity contribution in [3.63, 3.8) is 0 Å². The van der Waals surface area contributed by atoms with Crippen LogP contribution in [0.5, 0.6) is 11.5 Å². The molecule has 130 valence electrons. The van der Waals surface area contributed by atoms with Crippen LogP contribution in [0.1, 0.15) is 4.88 Å². The summed E-state index contributed by atoms with van der Waals surface area (Å²) in [4.78, 5) is 14.3. The quantitative estimate of drug-likeness (QED) is 0.667. The largest absolute Gasteiger partial charge is 0.493 e. The van der Waals surface area contributed by atoms with Gasteiger partial charge in [-0.3, -0.25) is 4.79 Å². The van der Waals surface area contributed by atoms with Crippen LogP contribution >= 0.6 is 11.3 Å². The Bertz CT molecular complexity index is 810. The first kappa shape index (κ1) is 17.1. The van der Waals surface area contributed by atoms with Crippen molar-refractivity contribution in [2.45, 2.75) is 6.42 Å². The lowest BCUT2D eigenvalue weighted by Crippen LogP contribution is -2.30. The molecule has 2 heterocycles. The van der Waals surface area contributed by atoms with Gasteiger partial charge >= 0.3 is 0 Å². The summed E-state index contributed by atoms with van der Waals surface area (Å²) in [7, 11) is 1.57. The van der Waals surface area contributed by atoms with Gasteiger partial charge in [-0.25, -0.2) is 0 Å². The fraction of sp³-hybridized carbons (Fsp3) is 0.211. The maximum atomic E-state index is 11.9. The zero-order valence-corrected chi connectivity index (χ0v) is 14.7. The van der Waals surface area contributed by atoms with Crippen molar-refractivity contribution in [3.05, 3.63) is 59.9 Å². The minimum atomic E-state index is -0.155. The molecule has 0 saturated carbocycles. The monoisotopic (exact) mass is 357 g/mol.